The summed E-state index contributed by atoms with van der Waals surface area (Å²) in [6.45, 7) is 0. The molecule has 2 unspecified atom stereocenters. The highest BCUT2D eigenvalue weighted by Crippen LogP contribution is 2.20. The molecule has 0 saturated carbocycles. The third kappa shape index (κ3) is 4.66. The predicted octanol–water partition coefficient (Wildman–Crippen LogP) is 2.60. The summed E-state index contributed by atoms with van der Waals surface area (Å²) < 4.78 is 39.6. The summed E-state index contributed by atoms with van der Waals surface area (Å²) in [5.41, 5.74) is -0.641. The first kappa shape index (κ1) is 21.5. The van der Waals surface area contributed by atoms with E-state index >= 15 is 0 Å². The summed E-state index contributed by atoms with van der Waals surface area (Å²) in [5, 5.41) is 15.3. The van der Waals surface area contributed by atoms with Crippen LogP contribution in [0.3, 0.4) is 0 Å². The number of carbonyl (C=O) groups is 1. The van der Waals surface area contributed by atoms with Gasteiger partial charge in [0.05, 0.1) is 17.6 Å². The second kappa shape index (κ2) is 9.06. The van der Waals surface area contributed by atoms with Crippen molar-refractivity contribution in [3.05, 3.63) is 75.8 Å². The standard InChI is InChI=1S/C19H14ClF3N4O3/c20-11-5-3-10(4-6-11)14-8-13(18(29)25-17(23)15(28)16(21)22)19(30)27(26-14)12-2-1-7-24-9-12/h1-9,15-17,28H,(H,25,29). The van der Waals surface area contributed by atoms with Crippen LogP contribution in [0.1, 0.15) is 10.4 Å². The maximum Gasteiger partial charge on any atom is 0.284 e. The quantitative estimate of drug-likeness (QED) is 0.577. The van der Waals surface area contributed by atoms with Gasteiger partial charge in [0.25, 0.3) is 17.9 Å². The van der Waals surface area contributed by atoms with Gasteiger partial charge in [-0.05, 0) is 30.3 Å². The highest BCUT2D eigenvalue weighted by molar-refractivity contribution is 6.30. The van der Waals surface area contributed by atoms with Crippen molar-refractivity contribution in [1.82, 2.24) is 20.1 Å². The lowest BCUT2D eigenvalue weighted by atomic mass is 10.1. The number of nitrogens with one attached hydrogen (secondary N) is 1. The lowest BCUT2D eigenvalue weighted by molar-refractivity contribution is -0.0551. The van der Waals surface area contributed by atoms with Crippen molar-refractivity contribution in [3.8, 4) is 16.9 Å². The molecule has 0 bridgehead atoms. The molecule has 0 saturated heterocycles. The minimum Gasteiger partial charge on any atom is -0.382 e. The number of aliphatic hydroxyl groups excluding tert-OH is 1. The lowest BCUT2D eigenvalue weighted by Crippen LogP contribution is -2.45. The zero-order valence-corrected chi connectivity index (χ0v) is 15.8. The average molecular weight is 439 g/mol. The summed E-state index contributed by atoms with van der Waals surface area (Å²) in [4.78, 5) is 29.1. The molecule has 0 aliphatic heterocycles. The third-order valence-corrected chi connectivity index (χ3v) is 4.27. The first-order valence-corrected chi connectivity index (χ1v) is 8.87. The van der Waals surface area contributed by atoms with E-state index in [4.69, 9.17) is 16.7 Å². The number of rotatable bonds is 6. The highest BCUT2D eigenvalue weighted by Gasteiger charge is 2.30. The first-order valence-electron chi connectivity index (χ1n) is 8.50. The fourth-order valence-electron chi connectivity index (χ4n) is 2.49. The number of nitrogens with zero attached hydrogens (tertiary/aromatic N) is 3. The second-order valence-corrected chi connectivity index (χ2v) is 6.52. The Morgan fingerprint density at radius 2 is 1.87 bits per heavy atom. The van der Waals surface area contributed by atoms with Crippen LogP contribution in [-0.2, 0) is 0 Å². The van der Waals surface area contributed by atoms with Crippen molar-refractivity contribution < 1.29 is 23.1 Å². The Bertz CT molecular complexity index is 1090. The average Bonchev–Trinajstić information content (AvgIpc) is 2.74. The summed E-state index contributed by atoms with van der Waals surface area (Å²) in [7, 11) is 0. The van der Waals surface area contributed by atoms with Gasteiger partial charge in [-0.15, -0.1) is 0 Å². The van der Waals surface area contributed by atoms with Gasteiger partial charge in [0, 0.05) is 16.8 Å². The van der Waals surface area contributed by atoms with E-state index in [0.717, 1.165) is 10.7 Å². The Labute approximate surface area is 172 Å². The molecule has 0 aliphatic rings. The highest BCUT2D eigenvalue weighted by atomic mass is 35.5. The van der Waals surface area contributed by atoms with Crippen molar-refractivity contribution in [2.45, 2.75) is 18.8 Å². The van der Waals surface area contributed by atoms with Gasteiger partial charge in [0.2, 0.25) is 6.30 Å². The number of aromatic nitrogens is 3. The Morgan fingerprint density at radius 3 is 2.47 bits per heavy atom. The van der Waals surface area contributed by atoms with E-state index in [1.165, 1.54) is 24.5 Å². The topological polar surface area (TPSA) is 97.1 Å². The van der Waals surface area contributed by atoms with E-state index in [2.05, 4.69) is 10.1 Å². The molecule has 0 fully saturated rings. The Hall–Kier alpha value is -3.24. The molecule has 11 heteroatoms. The molecule has 156 valence electrons. The van der Waals surface area contributed by atoms with Crippen LogP contribution in [-0.4, -0.2) is 44.6 Å². The number of hydrogen-bond donors (Lipinski definition) is 2. The molecule has 1 amide bonds. The lowest BCUT2D eigenvalue weighted by Gasteiger charge is -2.16. The molecule has 2 N–H and O–H groups in total. The molecule has 2 heterocycles. The molecule has 3 aromatic rings. The van der Waals surface area contributed by atoms with E-state index in [9.17, 15) is 22.8 Å². The van der Waals surface area contributed by atoms with Gasteiger partial charge in [-0.25, -0.2) is 13.2 Å². The van der Waals surface area contributed by atoms with Crippen molar-refractivity contribution in [3.63, 3.8) is 0 Å². The number of aliphatic hydroxyl groups is 1. The van der Waals surface area contributed by atoms with E-state index < -0.39 is 35.9 Å². The first-order chi connectivity index (χ1) is 14.3. The largest absolute Gasteiger partial charge is 0.382 e. The number of benzene rings is 1. The number of amides is 1. The second-order valence-electron chi connectivity index (χ2n) is 6.08. The Balaban J connectivity index is 2.09. The Kier molecular flexibility index (Phi) is 6.48. The van der Waals surface area contributed by atoms with Crippen LogP contribution in [0.5, 0.6) is 0 Å². The summed E-state index contributed by atoms with van der Waals surface area (Å²) >= 11 is 5.87. The number of hydrogen-bond acceptors (Lipinski definition) is 5. The predicted molar refractivity (Wildman–Crippen MR) is 102 cm³/mol. The normalized spacial score (nSPS) is 13.1. The van der Waals surface area contributed by atoms with Crippen LogP contribution in [0.15, 0.2) is 59.7 Å². The van der Waals surface area contributed by atoms with Crippen LogP contribution < -0.4 is 10.9 Å². The van der Waals surface area contributed by atoms with Crippen LogP contribution in [0.25, 0.3) is 16.9 Å². The van der Waals surface area contributed by atoms with Crippen molar-refractivity contribution in [2.75, 3.05) is 0 Å². The van der Waals surface area contributed by atoms with Gasteiger partial charge in [-0.2, -0.15) is 9.78 Å². The van der Waals surface area contributed by atoms with Gasteiger partial charge in [-0.3, -0.25) is 14.6 Å². The molecule has 3 rings (SSSR count). The molecule has 2 aromatic heterocycles. The molecule has 0 spiro atoms. The molecule has 30 heavy (non-hydrogen) atoms. The fraction of sp³-hybridized carbons (Fsp3) is 0.158. The molecule has 7 nitrogen and oxygen atoms in total. The van der Waals surface area contributed by atoms with E-state index in [-0.39, 0.29) is 11.4 Å². The minimum atomic E-state index is -3.42. The SMILES string of the molecule is O=C(NC(F)C(O)C(F)F)c1cc(-c2ccc(Cl)cc2)nn(-c2cccnc2)c1=O. The van der Waals surface area contributed by atoms with Crippen LogP contribution in [0, 0.1) is 0 Å². The molecule has 0 radical (unpaired) electrons. The number of halogens is 4. The monoisotopic (exact) mass is 438 g/mol. The van der Waals surface area contributed by atoms with Gasteiger partial charge >= 0.3 is 0 Å². The summed E-state index contributed by atoms with van der Waals surface area (Å²) in [6.07, 6.45) is -6.16. The van der Waals surface area contributed by atoms with Gasteiger partial charge in [0.15, 0.2) is 6.10 Å². The fourth-order valence-corrected chi connectivity index (χ4v) is 2.62. The van der Waals surface area contributed by atoms with Gasteiger partial charge in [0.1, 0.15) is 5.56 Å². The number of pyridine rings is 1. The molecule has 2 atom stereocenters. The maximum atomic E-state index is 13.8. The minimum absolute atomic E-state index is 0.157. The van der Waals surface area contributed by atoms with Crippen molar-refractivity contribution in [2.24, 2.45) is 0 Å². The summed E-state index contributed by atoms with van der Waals surface area (Å²) in [6, 6.07) is 10.4. The van der Waals surface area contributed by atoms with Gasteiger partial charge in [-0.1, -0.05) is 23.7 Å². The number of alkyl halides is 3. The zero-order chi connectivity index (χ0) is 21.8. The number of carbonyl (C=O) groups excluding carboxylic acids is 1. The van der Waals surface area contributed by atoms with Gasteiger partial charge < -0.3 is 10.4 Å². The van der Waals surface area contributed by atoms with E-state index in [0.29, 0.717) is 10.6 Å². The molecule has 1 aromatic carbocycles. The Morgan fingerprint density at radius 1 is 1.17 bits per heavy atom. The van der Waals surface area contributed by atoms with Crippen LogP contribution in [0.2, 0.25) is 5.02 Å². The molecular weight excluding hydrogens is 425 g/mol. The maximum absolute atomic E-state index is 13.8. The smallest absolute Gasteiger partial charge is 0.284 e. The molecule has 0 aliphatic carbocycles. The third-order valence-electron chi connectivity index (χ3n) is 4.01. The summed E-state index contributed by atoms with van der Waals surface area (Å²) in [5.74, 6) is -1.29. The van der Waals surface area contributed by atoms with E-state index in [1.807, 2.05) is 0 Å². The van der Waals surface area contributed by atoms with E-state index in [1.54, 1.807) is 29.6 Å². The van der Waals surface area contributed by atoms with Crippen LogP contribution >= 0.6 is 11.6 Å². The van der Waals surface area contributed by atoms with Crippen molar-refractivity contribution >= 4 is 17.5 Å². The van der Waals surface area contributed by atoms with Crippen molar-refractivity contribution in [1.29, 1.82) is 0 Å². The van der Waals surface area contributed by atoms with Crippen LogP contribution in [0.4, 0.5) is 13.2 Å². The zero-order valence-electron chi connectivity index (χ0n) is 15.0. The molecular formula is C19H14ClF3N4O3.